The van der Waals surface area contributed by atoms with Crippen molar-refractivity contribution in [2.24, 2.45) is 0 Å². The summed E-state index contributed by atoms with van der Waals surface area (Å²) in [5, 5.41) is 2.41. The molecule has 0 saturated carbocycles. The maximum atomic E-state index is 5.86. The lowest BCUT2D eigenvalue weighted by Crippen LogP contribution is -2.10. The summed E-state index contributed by atoms with van der Waals surface area (Å²) in [5.41, 5.74) is 8.18. The van der Waals surface area contributed by atoms with Crippen LogP contribution < -0.4 is 4.74 Å². The summed E-state index contributed by atoms with van der Waals surface area (Å²) in [5.74, 6) is 0.877. The largest absolute Gasteiger partial charge is 0.491 e. The molecule has 1 unspecified atom stereocenters. The summed E-state index contributed by atoms with van der Waals surface area (Å²) < 4.78 is 16.5. The van der Waals surface area contributed by atoms with Crippen LogP contribution in [0.4, 0.5) is 0 Å². The molecule has 4 aromatic rings. The normalized spacial score (nSPS) is 16.2. The van der Waals surface area contributed by atoms with Crippen molar-refractivity contribution in [1.29, 1.82) is 0 Å². The highest BCUT2D eigenvalue weighted by Crippen LogP contribution is 2.41. The molecule has 3 nitrogen and oxygen atoms in total. The van der Waals surface area contributed by atoms with Gasteiger partial charge in [-0.25, -0.2) is 0 Å². The van der Waals surface area contributed by atoms with Gasteiger partial charge in [-0.2, -0.15) is 0 Å². The Bertz CT molecular complexity index is 1260. The average molecular weight is 408 g/mol. The number of fused-ring (bicyclic) bond motifs is 4. The molecule has 0 N–H and O–H groups in total. The lowest BCUT2D eigenvalue weighted by molar-refractivity contribution is 0.0879. The van der Waals surface area contributed by atoms with E-state index in [1.807, 2.05) is 6.07 Å². The van der Waals surface area contributed by atoms with Crippen LogP contribution in [0.15, 0.2) is 78.9 Å². The van der Waals surface area contributed by atoms with E-state index in [4.69, 9.17) is 14.2 Å². The molecule has 0 aromatic heterocycles. The molecule has 1 aliphatic carbocycles. The lowest BCUT2D eigenvalue weighted by atomic mass is 9.94. The molecule has 1 aliphatic heterocycles. The number of ether oxygens (including phenoxy) is 3. The van der Waals surface area contributed by atoms with Crippen molar-refractivity contribution in [3.8, 4) is 28.0 Å². The summed E-state index contributed by atoms with van der Waals surface area (Å²) in [6, 6.07) is 28.4. The van der Waals surface area contributed by atoms with Crippen LogP contribution >= 0.6 is 0 Å². The van der Waals surface area contributed by atoms with Crippen molar-refractivity contribution >= 4 is 10.8 Å². The SMILES string of the molecule is c1ccc2c(c1)Cc1c(-c3ccc4cc(OCCOCC5CO5)ccc4c3)cccc1-2. The van der Waals surface area contributed by atoms with Gasteiger partial charge in [-0.05, 0) is 68.8 Å². The lowest BCUT2D eigenvalue weighted by Gasteiger charge is -2.11. The Hall–Kier alpha value is -3.14. The van der Waals surface area contributed by atoms with Gasteiger partial charge in [0, 0.05) is 0 Å². The molecule has 1 heterocycles. The van der Waals surface area contributed by atoms with Crippen molar-refractivity contribution in [2.75, 3.05) is 26.4 Å². The Balaban J connectivity index is 1.22. The number of hydrogen-bond acceptors (Lipinski definition) is 3. The standard InChI is InChI=1S/C28H24O3/c1-2-5-25-21(4-1)16-28-26(6-3-7-27(25)28)22-9-8-20-15-23(11-10-19(20)14-22)30-13-12-29-17-24-18-31-24/h1-11,14-15,24H,12-13,16-18H2. The molecular formula is C28H24O3. The van der Waals surface area contributed by atoms with E-state index in [0.29, 0.717) is 25.9 Å². The molecule has 4 aromatic carbocycles. The number of rotatable bonds is 7. The van der Waals surface area contributed by atoms with Gasteiger partial charge in [0.05, 0.1) is 19.8 Å². The van der Waals surface area contributed by atoms with Gasteiger partial charge in [0.25, 0.3) is 0 Å². The predicted octanol–water partition coefficient (Wildman–Crippen LogP) is 5.87. The van der Waals surface area contributed by atoms with Gasteiger partial charge in [0.15, 0.2) is 0 Å². The maximum Gasteiger partial charge on any atom is 0.120 e. The molecule has 6 rings (SSSR count). The van der Waals surface area contributed by atoms with Gasteiger partial charge in [-0.3, -0.25) is 0 Å². The van der Waals surface area contributed by atoms with Gasteiger partial charge in [-0.1, -0.05) is 60.7 Å². The Morgan fingerprint density at radius 2 is 1.58 bits per heavy atom. The fourth-order valence-corrected chi connectivity index (χ4v) is 4.51. The van der Waals surface area contributed by atoms with E-state index >= 15 is 0 Å². The van der Waals surface area contributed by atoms with Gasteiger partial charge in [0.2, 0.25) is 0 Å². The Kier molecular flexibility index (Phi) is 4.71. The monoisotopic (exact) mass is 408 g/mol. The summed E-state index contributed by atoms with van der Waals surface area (Å²) in [7, 11) is 0. The van der Waals surface area contributed by atoms with Crippen LogP contribution in [0.3, 0.4) is 0 Å². The molecule has 0 amide bonds. The van der Waals surface area contributed by atoms with E-state index in [0.717, 1.165) is 18.8 Å². The first-order valence-electron chi connectivity index (χ1n) is 10.9. The van der Waals surface area contributed by atoms with E-state index in [2.05, 4.69) is 72.8 Å². The van der Waals surface area contributed by atoms with E-state index in [-0.39, 0.29) is 0 Å². The number of benzene rings is 4. The second-order valence-electron chi connectivity index (χ2n) is 8.27. The van der Waals surface area contributed by atoms with Crippen molar-refractivity contribution in [1.82, 2.24) is 0 Å². The van der Waals surface area contributed by atoms with Gasteiger partial charge in [0.1, 0.15) is 18.5 Å². The zero-order chi connectivity index (χ0) is 20.6. The summed E-state index contributed by atoms with van der Waals surface area (Å²) in [4.78, 5) is 0. The van der Waals surface area contributed by atoms with Gasteiger partial charge in [-0.15, -0.1) is 0 Å². The third-order valence-electron chi connectivity index (χ3n) is 6.18. The first kappa shape index (κ1) is 18.6. The second-order valence-corrected chi connectivity index (χ2v) is 8.27. The minimum atomic E-state index is 0.301. The van der Waals surface area contributed by atoms with Crippen molar-refractivity contribution in [2.45, 2.75) is 12.5 Å². The average Bonchev–Trinajstić information content (AvgIpc) is 3.56. The fraction of sp³-hybridized carbons (Fsp3) is 0.214. The summed E-state index contributed by atoms with van der Waals surface area (Å²) in [6.45, 7) is 2.62. The first-order chi connectivity index (χ1) is 15.3. The Morgan fingerprint density at radius 1 is 0.774 bits per heavy atom. The van der Waals surface area contributed by atoms with Gasteiger partial charge < -0.3 is 14.2 Å². The molecule has 0 spiro atoms. The van der Waals surface area contributed by atoms with Crippen LogP contribution in [-0.2, 0) is 15.9 Å². The topological polar surface area (TPSA) is 31.0 Å². The van der Waals surface area contributed by atoms with Crippen LogP contribution in [0.1, 0.15) is 11.1 Å². The molecule has 2 aliphatic rings. The first-order valence-corrected chi connectivity index (χ1v) is 10.9. The molecule has 0 radical (unpaired) electrons. The van der Waals surface area contributed by atoms with E-state index in [9.17, 15) is 0 Å². The third-order valence-corrected chi connectivity index (χ3v) is 6.18. The summed E-state index contributed by atoms with van der Waals surface area (Å²) in [6.07, 6.45) is 1.30. The van der Waals surface area contributed by atoms with Crippen LogP contribution in [0, 0.1) is 0 Å². The zero-order valence-electron chi connectivity index (χ0n) is 17.3. The minimum absolute atomic E-state index is 0.301. The third kappa shape index (κ3) is 3.71. The van der Waals surface area contributed by atoms with Crippen molar-refractivity contribution in [3.05, 3.63) is 90.0 Å². The molecule has 1 saturated heterocycles. The fourth-order valence-electron chi connectivity index (χ4n) is 4.51. The molecular weight excluding hydrogens is 384 g/mol. The van der Waals surface area contributed by atoms with Gasteiger partial charge >= 0.3 is 0 Å². The second kappa shape index (κ2) is 7.84. The van der Waals surface area contributed by atoms with Crippen LogP contribution in [0.2, 0.25) is 0 Å². The Morgan fingerprint density at radius 3 is 2.52 bits per heavy atom. The molecule has 31 heavy (non-hydrogen) atoms. The quantitative estimate of drug-likeness (QED) is 0.249. The van der Waals surface area contributed by atoms with Crippen molar-refractivity contribution in [3.63, 3.8) is 0 Å². The van der Waals surface area contributed by atoms with Crippen LogP contribution in [0.25, 0.3) is 33.0 Å². The smallest absolute Gasteiger partial charge is 0.120 e. The maximum absolute atomic E-state index is 5.86. The summed E-state index contributed by atoms with van der Waals surface area (Å²) >= 11 is 0. The van der Waals surface area contributed by atoms with Crippen LogP contribution in [-0.4, -0.2) is 32.5 Å². The van der Waals surface area contributed by atoms with Crippen molar-refractivity contribution < 1.29 is 14.2 Å². The highest BCUT2D eigenvalue weighted by Gasteiger charge is 2.22. The highest BCUT2D eigenvalue weighted by molar-refractivity contribution is 5.91. The molecule has 1 atom stereocenters. The highest BCUT2D eigenvalue weighted by atomic mass is 16.6. The van der Waals surface area contributed by atoms with E-state index < -0.39 is 0 Å². The van der Waals surface area contributed by atoms with Crippen LogP contribution in [0.5, 0.6) is 5.75 Å². The number of epoxide rings is 1. The predicted molar refractivity (Wildman–Crippen MR) is 124 cm³/mol. The molecule has 0 bridgehead atoms. The number of hydrogen-bond donors (Lipinski definition) is 0. The minimum Gasteiger partial charge on any atom is -0.491 e. The molecule has 154 valence electrons. The van der Waals surface area contributed by atoms with E-state index in [1.54, 1.807) is 0 Å². The Labute approximate surface area is 182 Å². The molecule has 1 fully saturated rings. The molecule has 3 heteroatoms. The van der Waals surface area contributed by atoms with E-state index in [1.165, 1.54) is 44.2 Å². The zero-order valence-corrected chi connectivity index (χ0v) is 17.3.